The summed E-state index contributed by atoms with van der Waals surface area (Å²) in [5.74, 6) is -3.17. The van der Waals surface area contributed by atoms with Gasteiger partial charge in [-0.15, -0.1) is 0 Å². The molecular formula is C25H21NO4. The number of hydrogen-bond donors (Lipinski definition) is 0. The smallest absolute Gasteiger partial charge is 0.354 e. The molecule has 3 aromatic carbocycles. The number of pyridine rings is 1. The number of carboxylic acid groups (broad SMARTS) is 1. The SMILES string of the molecule is O=C([O-])C(=O)OCc1ccccc1.c1ccc(C[n+]2ccc3ccccc3c2)cc1. The zero-order valence-electron chi connectivity index (χ0n) is 16.3. The molecule has 0 fully saturated rings. The monoisotopic (exact) mass is 399 g/mol. The summed E-state index contributed by atoms with van der Waals surface area (Å²) in [7, 11) is 0. The van der Waals surface area contributed by atoms with Crippen LogP contribution in [0.3, 0.4) is 0 Å². The molecule has 150 valence electrons. The van der Waals surface area contributed by atoms with Gasteiger partial charge < -0.3 is 14.6 Å². The minimum Gasteiger partial charge on any atom is -0.539 e. The van der Waals surface area contributed by atoms with Crippen molar-refractivity contribution in [2.75, 3.05) is 0 Å². The third-order valence-electron chi connectivity index (χ3n) is 4.33. The lowest BCUT2D eigenvalue weighted by Gasteiger charge is -2.04. The molecule has 0 bridgehead atoms. The van der Waals surface area contributed by atoms with Crippen molar-refractivity contribution in [2.45, 2.75) is 13.2 Å². The summed E-state index contributed by atoms with van der Waals surface area (Å²) < 4.78 is 6.61. The van der Waals surface area contributed by atoms with Crippen LogP contribution in [0.25, 0.3) is 10.8 Å². The van der Waals surface area contributed by atoms with E-state index in [0.717, 1.165) is 12.1 Å². The van der Waals surface area contributed by atoms with Crippen LogP contribution in [0.15, 0.2) is 103 Å². The van der Waals surface area contributed by atoms with Crippen molar-refractivity contribution >= 4 is 22.7 Å². The number of nitrogens with zero attached hydrogens (tertiary/aromatic N) is 1. The minimum absolute atomic E-state index is 0.0480. The molecule has 0 saturated carbocycles. The first kappa shape index (κ1) is 20.7. The summed E-state index contributed by atoms with van der Waals surface area (Å²) in [6.45, 7) is 0.874. The molecular weight excluding hydrogens is 378 g/mol. The van der Waals surface area contributed by atoms with Gasteiger partial charge in [0.25, 0.3) is 0 Å². The van der Waals surface area contributed by atoms with Gasteiger partial charge >= 0.3 is 5.97 Å². The molecule has 4 rings (SSSR count). The highest BCUT2D eigenvalue weighted by Gasteiger charge is 2.04. The Morgan fingerprint density at radius 3 is 1.93 bits per heavy atom. The van der Waals surface area contributed by atoms with Gasteiger partial charge in [0.05, 0.1) is 0 Å². The third kappa shape index (κ3) is 6.27. The van der Waals surface area contributed by atoms with Crippen LogP contribution in [0.5, 0.6) is 0 Å². The van der Waals surface area contributed by atoms with Crippen LogP contribution in [0.4, 0.5) is 0 Å². The van der Waals surface area contributed by atoms with Gasteiger partial charge in [-0.3, -0.25) is 0 Å². The fourth-order valence-corrected chi connectivity index (χ4v) is 2.85. The number of benzene rings is 3. The topological polar surface area (TPSA) is 70.3 Å². The number of aromatic nitrogens is 1. The largest absolute Gasteiger partial charge is 0.539 e. The fraction of sp³-hybridized carbons (Fsp3) is 0.0800. The molecule has 0 unspecified atom stereocenters. The van der Waals surface area contributed by atoms with E-state index < -0.39 is 11.9 Å². The number of carboxylic acids is 1. The molecule has 0 saturated heterocycles. The van der Waals surface area contributed by atoms with Crippen molar-refractivity contribution in [1.82, 2.24) is 0 Å². The molecule has 5 heteroatoms. The Bertz CT molecular complexity index is 1110. The standard InChI is InChI=1S/C16H14N.C9H8O4/c1-2-6-14(7-3-1)12-17-11-10-15-8-4-5-9-16(15)13-17;10-8(11)9(12)13-6-7-4-2-1-3-5-7/h1-11,13H,12H2;1-5H,6H2,(H,10,11)/q+1;/p-1. The summed E-state index contributed by atoms with van der Waals surface area (Å²) >= 11 is 0. The molecule has 0 aliphatic carbocycles. The maximum absolute atomic E-state index is 10.4. The highest BCUT2D eigenvalue weighted by Crippen LogP contribution is 2.10. The molecule has 30 heavy (non-hydrogen) atoms. The summed E-state index contributed by atoms with van der Waals surface area (Å²) in [6.07, 6.45) is 4.33. The first-order valence-electron chi connectivity index (χ1n) is 9.45. The van der Waals surface area contributed by atoms with Crippen molar-refractivity contribution in [3.05, 3.63) is 115 Å². The average Bonchev–Trinajstić information content (AvgIpc) is 2.79. The van der Waals surface area contributed by atoms with E-state index in [1.165, 1.54) is 16.3 Å². The van der Waals surface area contributed by atoms with Gasteiger partial charge in [0, 0.05) is 17.0 Å². The highest BCUT2D eigenvalue weighted by atomic mass is 16.6. The van der Waals surface area contributed by atoms with E-state index in [-0.39, 0.29) is 6.61 Å². The van der Waals surface area contributed by atoms with Crippen molar-refractivity contribution in [1.29, 1.82) is 0 Å². The second-order valence-electron chi connectivity index (χ2n) is 6.58. The van der Waals surface area contributed by atoms with E-state index in [4.69, 9.17) is 0 Å². The van der Waals surface area contributed by atoms with E-state index in [0.29, 0.717) is 0 Å². The van der Waals surface area contributed by atoms with Gasteiger partial charge in [0.2, 0.25) is 0 Å². The molecule has 0 aliphatic rings. The van der Waals surface area contributed by atoms with E-state index in [1.807, 2.05) is 6.07 Å². The normalized spacial score (nSPS) is 10.0. The maximum atomic E-state index is 10.4. The zero-order chi connectivity index (χ0) is 21.2. The molecule has 0 aliphatic heterocycles. The maximum Gasteiger partial charge on any atom is 0.354 e. The van der Waals surface area contributed by atoms with Gasteiger partial charge in [-0.1, -0.05) is 78.9 Å². The number of esters is 1. The van der Waals surface area contributed by atoms with Gasteiger partial charge in [-0.2, -0.15) is 0 Å². The first-order chi connectivity index (χ1) is 14.6. The average molecular weight is 399 g/mol. The number of carbonyl (C=O) groups is 2. The molecule has 0 radical (unpaired) electrons. The number of aliphatic carboxylic acids is 1. The molecule has 0 spiro atoms. The lowest BCUT2D eigenvalue weighted by Crippen LogP contribution is -2.33. The second-order valence-corrected chi connectivity index (χ2v) is 6.58. The van der Waals surface area contributed by atoms with Crippen molar-refractivity contribution in [3.8, 4) is 0 Å². The number of rotatable bonds is 4. The Labute approximate surface area is 174 Å². The number of carbonyl (C=O) groups excluding carboxylic acids is 2. The van der Waals surface area contributed by atoms with E-state index in [1.54, 1.807) is 24.3 Å². The van der Waals surface area contributed by atoms with E-state index >= 15 is 0 Å². The van der Waals surface area contributed by atoms with Crippen molar-refractivity contribution in [3.63, 3.8) is 0 Å². The predicted molar refractivity (Wildman–Crippen MR) is 111 cm³/mol. The lowest BCUT2D eigenvalue weighted by atomic mass is 10.1. The van der Waals surface area contributed by atoms with Crippen LogP contribution >= 0.6 is 0 Å². The molecule has 0 N–H and O–H groups in total. The van der Waals surface area contributed by atoms with Crippen LogP contribution in [-0.2, 0) is 27.5 Å². The highest BCUT2D eigenvalue weighted by molar-refractivity contribution is 6.27. The van der Waals surface area contributed by atoms with E-state index in [2.05, 4.69) is 82.4 Å². The lowest BCUT2D eigenvalue weighted by molar-refractivity contribution is -0.687. The summed E-state index contributed by atoms with van der Waals surface area (Å²) in [5.41, 5.74) is 2.06. The number of hydrogen-bond acceptors (Lipinski definition) is 4. The fourth-order valence-electron chi connectivity index (χ4n) is 2.85. The molecule has 5 nitrogen and oxygen atoms in total. The Kier molecular flexibility index (Phi) is 7.28. The molecule has 0 atom stereocenters. The first-order valence-corrected chi connectivity index (χ1v) is 9.45. The van der Waals surface area contributed by atoms with Gasteiger partial charge in [0.15, 0.2) is 24.9 Å². The summed E-state index contributed by atoms with van der Waals surface area (Å²) in [6, 6.07) is 29.9. The molecule has 0 amide bonds. The van der Waals surface area contributed by atoms with Crippen LogP contribution in [0, 0.1) is 0 Å². The Hall–Kier alpha value is -3.99. The minimum atomic E-state index is -1.82. The quantitative estimate of drug-likeness (QED) is 0.301. The summed E-state index contributed by atoms with van der Waals surface area (Å²) in [5, 5.41) is 12.5. The van der Waals surface area contributed by atoms with E-state index in [9.17, 15) is 14.7 Å². The second kappa shape index (κ2) is 10.5. The van der Waals surface area contributed by atoms with Crippen LogP contribution < -0.4 is 9.67 Å². The molecule has 1 heterocycles. The Morgan fingerprint density at radius 2 is 1.30 bits per heavy atom. The Morgan fingerprint density at radius 1 is 0.733 bits per heavy atom. The van der Waals surface area contributed by atoms with Gasteiger partial charge in [0.1, 0.15) is 6.61 Å². The number of ether oxygens (including phenoxy) is 1. The van der Waals surface area contributed by atoms with Gasteiger partial charge in [-0.25, -0.2) is 9.36 Å². The molecule has 4 aromatic rings. The molecule has 1 aromatic heterocycles. The van der Waals surface area contributed by atoms with Crippen LogP contribution in [-0.4, -0.2) is 11.9 Å². The summed E-state index contributed by atoms with van der Waals surface area (Å²) in [4.78, 5) is 20.4. The Balaban J connectivity index is 0.000000178. The predicted octanol–water partition coefficient (Wildman–Crippen LogP) is 2.66. The van der Waals surface area contributed by atoms with Crippen LogP contribution in [0.2, 0.25) is 0 Å². The van der Waals surface area contributed by atoms with Crippen molar-refractivity contribution < 1.29 is 24.0 Å². The van der Waals surface area contributed by atoms with Crippen LogP contribution in [0.1, 0.15) is 11.1 Å². The number of fused-ring (bicyclic) bond motifs is 1. The van der Waals surface area contributed by atoms with Gasteiger partial charge in [-0.05, 0) is 17.0 Å². The third-order valence-corrected chi connectivity index (χ3v) is 4.33. The van der Waals surface area contributed by atoms with Crippen molar-refractivity contribution in [2.24, 2.45) is 0 Å². The zero-order valence-corrected chi connectivity index (χ0v) is 16.3.